The minimum absolute atomic E-state index is 0.534. The number of rotatable bonds is 4. The van der Waals surface area contributed by atoms with Gasteiger partial charge in [0.15, 0.2) is 0 Å². The van der Waals surface area contributed by atoms with Crippen LogP contribution >= 0.6 is 11.6 Å². The molecule has 1 aromatic rings. The summed E-state index contributed by atoms with van der Waals surface area (Å²) in [5.74, 6) is 2.45. The molecule has 1 fully saturated rings. The van der Waals surface area contributed by atoms with Gasteiger partial charge in [0, 0.05) is 17.0 Å². The fourth-order valence-electron chi connectivity index (χ4n) is 2.98. The van der Waals surface area contributed by atoms with Crippen molar-refractivity contribution in [1.82, 2.24) is 0 Å². The molecule has 0 radical (unpaired) electrons. The molecule has 0 heterocycles. The zero-order valence-corrected chi connectivity index (χ0v) is 11.3. The average Bonchev–Trinajstić information content (AvgIpc) is 2.71. The number of fused-ring (bicyclic) bond motifs is 1. The molecular weight excluding hydrogens is 246 g/mol. The van der Waals surface area contributed by atoms with Crippen LogP contribution in [0.2, 0.25) is 5.02 Å². The lowest BCUT2D eigenvalue weighted by atomic mass is 9.71. The van der Waals surface area contributed by atoms with Crippen molar-refractivity contribution >= 4 is 17.3 Å². The van der Waals surface area contributed by atoms with Crippen molar-refractivity contribution in [2.45, 2.75) is 25.8 Å². The summed E-state index contributed by atoms with van der Waals surface area (Å²) in [6.45, 7) is 2.67. The molecule has 2 aliphatic carbocycles. The molecule has 3 atom stereocenters. The molecule has 96 valence electrons. The van der Waals surface area contributed by atoms with Crippen LogP contribution in [0.15, 0.2) is 30.4 Å². The second-order valence-corrected chi connectivity index (χ2v) is 5.50. The summed E-state index contributed by atoms with van der Waals surface area (Å²) in [6, 6.07) is 6.30. The van der Waals surface area contributed by atoms with E-state index >= 15 is 0 Å². The lowest BCUT2D eigenvalue weighted by Gasteiger charge is -2.41. The highest BCUT2D eigenvalue weighted by Crippen LogP contribution is 2.45. The van der Waals surface area contributed by atoms with E-state index in [0.29, 0.717) is 18.6 Å². The molecule has 0 bridgehead atoms. The first-order valence-electron chi connectivity index (χ1n) is 6.63. The third-order valence-electron chi connectivity index (χ3n) is 3.95. The van der Waals surface area contributed by atoms with Crippen LogP contribution in [0.4, 0.5) is 5.69 Å². The van der Waals surface area contributed by atoms with Gasteiger partial charge in [-0.3, -0.25) is 0 Å². The standard InChI is InChI=1S/C15H18ClNO/c1-2-18-15-7-6-11(16)9-14(15)17-13-8-10-4-3-5-12(10)13/h3,5-7,9-10,12-13,17H,2,4,8H2,1H3. The second-order valence-electron chi connectivity index (χ2n) is 5.06. The minimum atomic E-state index is 0.534. The van der Waals surface area contributed by atoms with Crippen LogP contribution in [0.25, 0.3) is 0 Å². The number of hydrogen-bond acceptors (Lipinski definition) is 2. The van der Waals surface area contributed by atoms with E-state index in [-0.39, 0.29) is 0 Å². The molecule has 0 amide bonds. The largest absolute Gasteiger partial charge is 0.492 e. The maximum Gasteiger partial charge on any atom is 0.142 e. The monoisotopic (exact) mass is 263 g/mol. The van der Waals surface area contributed by atoms with Gasteiger partial charge in [-0.15, -0.1) is 0 Å². The molecule has 0 spiro atoms. The highest BCUT2D eigenvalue weighted by Gasteiger charge is 2.41. The number of ether oxygens (including phenoxy) is 1. The molecule has 18 heavy (non-hydrogen) atoms. The lowest BCUT2D eigenvalue weighted by molar-refractivity contribution is 0.217. The summed E-state index contributed by atoms with van der Waals surface area (Å²) in [5, 5.41) is 4.33. The van der Waals surface area contributed by atoms with Crippen molar-refractivity contribution < 1.29 is 4.74 Å². The third kappa shape index (κ3) is 2.10. The Balaban J connectivity index is 1.75. The van der Waals surface area contributed by atoms with Crippen molar-refractivity contribution in [2.24, 2.45) is 11.8 Å². The molecule has 3 rings (SSSR count). The Labute approximate surface area is 113 Å². The molecule has 3 unspecified atom stereocenters. The topological polar surface area (TPSA) is 21.3 Å². The Morgan fingerprint density at radius 2 is 2.33 bits per heavy atom. The Morgan fingerprint density at radius 3 is 3.11 bits per heavy atom. The summed E-state index contributed by atoms with van der Waals surface area (Å²) in [6.07, 6.45) is 7.14. The van der Waals surface area contributed by atoms with Gasteiger partial charge in [-0.05, 0) is 43.9 Å². The zero-order chi connectivity index (χ0) is 12.5. The Hall–Kier alpha value is -1.15. The van der Waals surface area contributed by atoms with Gasteiger partial charge in [-0.1, -0.05) is 23.8 Å². The normalized spacial score (nSPS) is 28.7. The van der Waals surface area contributed by atoms with Gasteiger partial charge in [0.1, 0.15) is 5.75 Å². The van der Waals surface area contributed by atoms with Gasteiger partial charge in [-0.2, -0.15) is 0 Å². The van der Waals surface area contributed by atoms with Gasteiger partial charge in [0.2, 0.25) is 0 Å². The molecule has 2 nitrogen and oxygen atoms in total. The van der Waals surface area contributed by atoms with Gasteiger partial charge in [0.25, 0.3) is 0 Å². The number of nitrogens with one attached hydrogen (secondary N) is 1. The van der Waals surface area contributed by atoms with E-state index in [1.54, 1.807) is 0 Å². The summed E-state index contributed by atoms with van der Waals surface area (Å²) in [7, 11) is 0. The molecule has 0 aliphatic heterocycles. The quantitative estimate of drug-likeness (QED) is 0.826. The van der Waals surface area contributed by atoms with E-state index in [4.69, 9.17) is 16.3 Å². The van der Waals surface area contributed by atoms with Gasteiger partial charge >= 0.3 is 0 Å². The molecule has 2 aliphatic rings. The van der Waals surface area contributed by atoms with Crippen LogP contribution in [-0.4, -0.2) is 12.6 Å². The van der Waals surface area contributed by atoms with E-state index in [0.717, 1.165) is 22.4 Å². The lowest BCUT2D eigenvalue weighted by Crippen LogP contribution is -2.43. The van der Waals surface area contributed by atoms with Gasteiger partial charge < -0.3 is 10.1 Å². The van der Waals surface area contributed by atoms with Crippen LogP contribution in [0.3, 0.4) is 0 Å². The van der Waals surface area contributed by atoms with E-state index in [1.807, 2.05) is 25.1 Å². The zero-order valence-electron chi connectivity index (χ0n) is 10.5. The molecule has 1 N–H and O–H groups in total. The molecule has 3 heteroatoms. The number of benzene rings is 1. The average molecular weight is 264 g/mol. The van der Waals surface area contributed by atoms with Crippen molar-refractivity contribution in [3.8, 4) is 5.75 Å². The third-order valence-corrected chi connectivity index (χ3v) is 4.18. The first kappa shape index (κ1) is 11.9. The van der Waals surface area contributed by atoms with E-state index in [9.17, 15) is 0 Å². The van der Waals surface area contributed by atoms with Crippen molar-refractivity contribution in [3.63, 3.8) is 0 Å². The molecule has 0 aromatic heterocycles. The Bertz CT molecular complexity index is 472. The summed E-state index contributed by atoms with van der Waals surface area (Å²) in [5.41, 5.74) is 1.02. The van der Waals surface area contributed by atoms with E-state index < -0.39 is 0 Å². The fraction of sp³-hybridized carbons (Fsp3) is 0.467. The number of allylic oxidation sites excluding steroid dienone is 1. The van der Waals surface area contributed by atoms with Crippen molar-refractivity contribution in [2.75, 3.05) is 11.9 Å². The summed E-state index contributed by atoms with van der Waals surface area (Å²) >= 11 is 6.06. The second kappa shape index (κ2) is 4.85. The van der Waals surface area contributed by atoms with Crippen LogP contribution in [-0.2, 0) is 0 Å². The number of halogens is 1. The molecular formula is C15H18ClNO. The summed E-state index contributed by atoms with van der Waals surface area (Å²) in [4.78, 5) is 0. The van der Waals surface area contributed by atoms with Crippen molar-refractivity contribution in [1.29, 1.82) is 0 Å². The highest BCUT2D eigenvalue weighted by molar-refractivity contribution is 6.30. The van der Waals surface area contributed by atoms with Crippen LogP contribution in [0.1, 0.15) is 19.8 Å². The molecule has 1 saturated carbocycles. The molecule has 0 saturated heterocycles. The van der Waals surface area contributed by atoms with Crippen molar-refractivity contribution in [3.05, 3.63) is 35.4 Å². The Kier molecular flexibility index (Phi) is 3.21. The first-order chi connectivity index (χ1) is 8.78. The van der Waals surface area contributed by atoms with Crippen LogP contribution < -0.4 is 10.1 Å². The fourth-order valence-corrected chi connectivity index (χ4v) is 3.15. The summed E-state index contributed by atoms with van der Waals surface area (Å²) < 4.78 is 5.63. The predicted octanol–water partition coefficient (Wildman–Crippen LogP) is 4.12. The minimum Gasteiger partial charge on any atom is -0.492 e. The van der Waals surface area contributed by atoms with E-state index in [2.05, 4.69) is 17.5 Å². The maximum atomic E-state index is 6.06. The first-order valence-corrected chi connectivity index (χ1v) is 7.01. The highest BCUT2D eigenvalue weighted by atomic mass is 35.5. The van der Waals surface area contributed by atoms with Crippen LogP contribution in [0, 0.1) is 11.8 Å². The smallest absolute Gasteiger partial charge is 0.142 e. The molecule has 1 aromatic carbocycles. The van der Waals surface area contributed by atoms with Gasteiger partial charge in [0.05, 0.1) is 12.3 Å². The maximum absolute atomic E-state index is 6.06. The number of anilines is 1. The van der Waals surface area contributed by atoms with E-state index in [1.165, 1.54) is 12.8 Å². The predicted molar refractivity (Wildman–Crippen MR) is 75.4 cm³/mol. The van der Waals surface area contributed by atoms with Gasteiger partial charge in [-0.25, -0.2) is 0 Å². The number of hydrogen-bond donors (Lipinski definition) is 1. The van der Waals surface area contributed by atoms with Crippen LogP contribution in [0.5, 0.6) is 5.75 Å². The SMILES string of the molecule is CCOc1ccc(Cl)cc1NC1CC2CC=CC21. The Morgan fingerprint density at radius 1 is 1.44 bits per heavy atom.